The van der Waals surface area contributed by atoms with E-state index in [1.807, 2.05) is 11.4 Å². The van der Waals surface area contributed by atoms with Gasteiger partial charge in [0, 0.05) is 28.4 Å². The quantitative estimate of drug-likeness (QED) is 0.441. The van der Waals surface area contributed by atoms with Crippen LogP contribution < -0.4 is 5.56 Å². The average molecular weight is 407 g/mol. The smallest absolute Gasteiger partial charge is 0.266 e. The van der Waals surface area contributed by atoms with Crippen molar-refractivity contribution >= 4 is 32.3 Å². The van der Waals surface area contributed by atoms with Crippen LogP contribution in [0.25, 0.3) is 32.1 Å². The minimum atomic E-state index is -0.0828. The normalized spacial score (nSPS) is 12.8. The maximum absolute atomic E-state index is 12.3. The number of hydrogen-bond acceptors (Lipinski definition) is 4. The number of nitrogens with one attached hydrogen (secondary N) is 1. The van der Waals surface area contributed by atoms with Crippen LogP contribution in [0, 0.1) is 0 Å². The average Bonchev–Trinajstić information content (AvgIpc) is 3.19. The van der Waals surface area contributed by atoms with Crippen molar-refractivity contribution in [2.24, 2.45) is 0 Å². The van der Waals surface area contributed by atoms with Gasteiger partial charge in [0.15, 0.2) is 0 Å². The van der Waals surface area contributed by atoms with Crippen LogP contribution in [0.4, 0.5) is 0 Å². The number of phenols is 1. The Labute approximate surface area is 174 Å². The van der Waals surface area contributed by atoms with Gasteiger partial charge in [0.2, 0.25) is 0 Å². The highest BCUT2D eigenvalue weighted by Gasteiger charge is 2.17. The number of H-pyrrole nitrogens is 1. The summed E-state index contributed by atoms with van der Waals surface area (Å²) in [6.45, 7) is 3.24. The third-order valence-electron chi connectivity index (χ3n) is 5.47. The summed E-state index contributed by atoms with van der Waals surface area (Å²) in [5, 5.41) is 14.4. The SMILES string of the molecule is CCCC(CN(C)C)c1ccc(-c2c(O)ccc3[nH]c(=O)c4sccc4c23)cc1. The molecular formula is C24H26N2O2S. The first-order chi connectivity index (χ1) is 14.0. The summed E-state index contributed by atoms with van der Waals surface area (Å²) < 4.78 is 0.690. The number of hydrogen-bond donors (Lipinski definition) is 2. The molecular weight excluding hydrogens is 380 g/mol. The number of aromatic amines is 1. The Morgan fingerprint density at radius 1 is 1.10 bits per heavy atom. The lowest BCUT2D eigenvalue weighted by molar-refractivity contribution is 0.362. The van der Waals surface area contributed by atoms with Gasteiger partial charge in [-0.15, -0.1) is 11.3 Å². The van der Waals surface area contributed by atoms with Crippen LogP contribution in [0.2, 0.25) is 0 Å². The zero-order valence-electron chi connectivity index (χ0n) is 17.0. The number of fused-ring (bicyclic) bond motifs is 3. The fourth-order valence-corrected chi connectivity index (χ4v) is 5.00. The van der Waals surface area contributed by atoms with Gasteiger partial charge in [0.05, 0.1) is 0 Å². The number of pyridine rings is 1. The number of thiophene rings is 1. The van der Waals surface area contributed by atoms with E-state index < -0.39 is 0 Å². The highest BCUT2D eigenvalue weighted by molar-refractivity contribution is 7.17. The van der Waals surface area contributed by atoms with E-state index in [1.165, 1.54) is 16.9 Å². The van der Waals surface area contributed by atoms with Gasteiger partial charge in [0.1, 0.15) is 10.4 Å². The van der Waals surface area contributed by atoms with E-state index in [2.05, 4.69) is 55.2 Å². The monoisotopic (exact) mass is 406 g/mol. The first kappa shape index (κ1) is 19.7. The second kappa shape index (κ2) is 8.01. The number of benzene rings is 2. The van der Waals surface area contributed by atoms with Crippen molar-refractivity contribution in [2.45, 2.75) is 25.7 Å². The topological polar surface area (TPSA) is 56.3 Å². The van der Waals surface area contributed by atoms with E-state index in [9.17, 15) is 9.90 Å². The summed E-state index contributed by atoms with van der Waals surface area (Å²) in [6, 6.07) is 13.9. The van der Waals surface area contributed by atoms with Crippen LogP contribution in [0.1, 0.15) is 31.2 Å². The van der Waals surface area contributed by atoms with E-state index in [4.69, 9.17) is 0 Å². The first-order valence-corrected chi connectivity index (χ1v) is 10.9. The number of aromatic nitrogens is 1. The molecule has 0 aliphatic rings. The lowest BCUT2D eigenvalue weighted by Gasteiger charge is -2.21. The van der Waals surface area contributed by atoms with Crippen LogP contribution in [0.15, 0.2) is 52.6 Å². The Kier molecular flexibility index (Phi) is 5.43. The van der Waals surface area contributed by atoms with Gasteiger partial charge in [0.25, 0.3) is 5.56 Å². The van der Waals surface area contributed by atoms with Crippen LogP contribution in [0.3, 0.4) is 0 Å². The predicted octanol–water partition coefficient (Wildman–Crippen LogP) is 5.56. The van der Waals surface area contributed by atoms with E-state index in [1.54, 1.807) is 12.1 Å². The van der Waals surface area contributed by atoms with Crippen molar-refractivity contribution in [3.05, 3.63) is 63.8 Å². The minimum Gasteiger partial charge on any atom is -0.507 e. The lowest BCUT2D eigenvalue weighted by atomic mass is 9.91. The zero-order valence-corrected chi connectivity index (χ0v) is 17.8. The molecule has 0 saturated carbocycles. The number of rotatable bonds is 6. The summed E-state index contributed by atoms with van der Waals surface area (Å²) in [5.74, 6) is 0.716. The molecule has 2 aromatic heterocycles. The number of nitrogens with zero attached hydrogens (tertiary/aromatic N) is 1. The fourth-order valence-electron chi connectivity index (χ4n) is 4.20. The molecule has 4 nitrogen and oxygen atoms in total. The van der Waals surface area contributed by atoms with Gasteiger partial charge in [-0.05, 0) is 61.1 Å². The maximum Gasteiger partial charge on any atom is 0.266 e. The van der Waals surface area contributed by atoms with Crippen LogP contribution in [-0.4, -0.2) is 35.6 Å². The molecule has 0 aliphatic carbocycles. The molecule has 1 atom stereocenters. The van der Waals surface area contributed by atoms with Crippen molar-refractivity contribution in [1.29, 1.82) is 0 Å². The number of aromatic hydroxyl groups is 1. The minimum absolute atomic E-state index is 0.0828. The van der Waals surface area contributed by atoms with E-state index in [0.717, 1.165) is 46.8 Å². The number of phenolic OH excluding ortho intramolecular Hbond substituents is 1. The molecule has 2 aromatic carbocycles. The van der Waals surface area contributed by atoms with Crippen LogP contribution in [0.5, 0.6) is 5.75 Å². The molecule has 0 spiro atoms. The molecule has 0 amide bonds. The van der Waals surface area contributed by atoms with Gasteiger partial charge in [-0.2, -0.15) is 0 Å². The van der Waals surface area contributed by atoms with Crippen molar-refractivity contribution in [1.82, 2.24) is 9.88 Å². The standard InChI is InChI=1S/C24H26N2O2S/c1-4-5-17(14-26(2)3)15-6-8-16(9-7-15)21-20(27)11-10-19-22(21)18-12-13-29-23(18)24(28)25-19/h6-13,17,27H,4-5,14H2,1-3H3,(H,25,28). The summed E-state index contributed by atoms with van der Waals surface area (Å²) in [7, 11) is 4.22. The molecule has 150 valence electrons. The lowest BCUT2D eigenvalue weighted by Crippen LogP contribution is -2.20. The Morgan fingerprint density at radius 3 is 2.55 bits per heavy atom. The highest BCUT2D eigenvalue weighted by Crippen LogP contribution is 2.40. The third-order valence-corrected chi connectivity index (χ3v) is 6.38. The molecule has 4 rings (SSSR count). The van der Waals surface area contributed by atoms with Gasteiger partial charge in [-0.3, -0.25) is 4.79 Å². The van der Waals surface area contributed by atoms with Crippen molar-refractivity contribution in [2.75, 3.05) is 20.6 Å². The van der Waals surface area contributed by atoms with E-state index in [0.29, 0.717) is 10.6 Å². The molecule has 0 bridgehead atoms. The summed E-state index contributed by atoms with van der Waals surface area (Å²) in [5.41, 5.74) is 3.71. The van der Waals surface area contributed by atoms with Crippen LogP contribution >= 0.6 is 11.3 Å². The Hall–Kier alpha value is -2.63. The molecule has 5 heteroatoms. The van der Waals surface area contributed by atoms with Gasteiger partial charge < -0.3 is 15.0 Å². The third kappa shape index (κ3) is 3.68. The first-order valence-electron chi connectivity index (χ1n) is 9.99. The van der Waals surface area contributed by atoms with Crippen molar-refractivity contribution in [3.8, 4) is 16.9 Å². The summed E-state index contributed by atoms with van der Waals surface area (Å²) in [6.07, 6.45) is 2.29. The van der Waals surface area contributed by atoms with Crippen molar-refractivity contribution in [3.63, 3.8) is 0 Å². The second-order valence-corrected chi connectivity index (χ2v) is 8.79. The molecule has 2 heterocycles. The Bertz CT molecular complexity index is 1210. The van der Waals surface area contributed by atoms with Crippen molar-refractivity contribution < 1.29 is 5.11 Å². The van der Waals surface area contributed by atoms with Gasteiger partial charge in [-0.1, -0.05) is 37.6 Å². The van der Waals surface area contributed by atoms with E-state index >= 15 is 0 Å². The summed E-state index contributed by atoms with van der Waals surface area (Å²) in [4.78, 5) is 17.5. The van der Waals surface area contributed by atoms with Gasteiger partial charge in [-0.25, -0.2) is 0 Å². The summed E-state index contributed by atoms with van der Waals surface area (Å²) >= 11 is 1.43. The molecule has 0 aliphatic heterocycles. The molecule has 0 saturated heterocycles. The molecule has 1 unspecified atom stereocenters. The highest BCUT2D eigenvalue weighted by atomic mass is 32.1. The molecule has 0 fully saturated rings. The molecule has 4 aromatic rings. The molecule has 0 radical (unpaired) electrons. The zero-order chi connectivity index (χ0) is 20.5. The van der Waals surface area contributed by atoms with Crippen LogP contribution in [-0.2, 0) is 0 Å². The fraction of sp³-hybridized carbons (Fsp3) is 0.292. The van der Waals surface area contributed by atoms with Gasteiger partial charge >= 0.3 is 0 Å². The number of likely N-dealkylation sites (N-methyl/N-ethyl adjacent to an activating group) is 1. The second-order valence-electron chi connectivity index (χ2n) is 7.87. The largest absolute Gasteiger partial charge is 0.507 e. The van der Waals surface area contributed by atoms with E-state index in [-0.39, 0.29) is 11.3 Å². The predicted molar refractivity (Wildman–Crippen MR) is 123 cm³/mol. The molecule has 29 heavy (non-hydrogen) atoms. The Morgan fingerprint density at radius 2 is 1.86 bits per heavy atom. The maximum atomic E-state index is 12.3. The molecule has 2 N–H and O–H groups in total. The Balaban J connectivity index is 1.86.